The van der Waals surface area contributed by atoms with Crippen molar-refractivity contribution < 1.29 is 14.3 Å². The second-order valence-corrected chi connectivity index (χ2v) is 6.38. The minimum Gasteiger partial charge on any atom is -0.508 e. The van der Waals surface area contributed by atoms with E-state index in [9.17, 15) is 14.7 Å². The third kappa shape index (κ3) is 3.05. The maximum absolute atomic E-state index is 12.2. The van der Waals surface area contributed by atoms with Gasteiger partial charge in [-0.3, -0.25) is 10.1 Å². The summed E-state index contributed by atoms with van der Waals surface area (Å²) in [6.07, 6.45) is 0. The average Bonchev–Trinajstić information content (AvgIpc) is 3.10. The number of anilines is 1. The van der Waals surface area contributed by atoms with Gasteiger partial charge in [0.2, 0.25) is 5.13 Å². The van der Waals surface area contributed by atoms with Crippen molar-refractivity contribution in [3.8, 4) is 16.3 Å². The summed E-state index contributed by atoms with van der Waals surface area (Å²) in [6.45, 7) is 0. The Morgan fingerprint density at radius 2 is 1.88 bits per heavy atom. The molecular formula is C18H11N3O4S. The van der Waals surface area contributed by atoms with Crippen molar-refractivity contribution in [2.24, 2.45) is 0 Å². The fourth-order valence-electron chi connectivity index (χ4n) is 2.39. The van der Waals surface area contributed by atoms with Gasteiger partial charge < -0.3 is 9.52 Å². The summed E-state index contributed by atoms with van der Waals surface area (Å²) < 4.78 is 5.22. The van der Waals surface area contributed by atoms with Crippen LogP contribution in [-0.2, 0) is 0 Å². The summed E-state index contributed by atoms with van der Waals surface area (Å²) in [7, 11) is 0. The molecule has 0 fully saturated rings. The van der Waals surface area contributed by atoms with E-state index < -0.39 is 5.63 Å². The van der Waals surface area contributed by atoms with Gasteiger partial charge in [0.25, 0.3) is 5.91 Å². The molecule has 0 bridgehead atoms. The van der Waals surface area contributed by atoms with E-state index in [1.165, 1.54) is 12.1 Å². The summed E-state index contributed by atoms with van der Waals surface area (Å²) >= 11 is 1.07. The zero-order chi connectivity index (χ0) is 18.1. The van der Waals surface area contributed by atoms with Crippen LogP contribution in [0, 0.1) is 0 Å². The highest BCUT2D eigenvalue weighted by molar-refractivity contribution is 7.18. The number of phenols is 1. The molecule has 0 radical (unpaired) electrons. The number of carbonyl (C=O) groups is 1. The first-order valence-electron chi connectivity index (χ1n) is 7.57. The van der Waals surface area contributed by atoms with E-state index in [-0.39, 0.29) is 27.9 Å². The fraction of sp³-hybridized carbons (Fsp3) is 0. The lowest BCUT2D eigenvalue weighted by atomic mass is 10.2. The van der Waals surface area contributed by atoms with Crippen LogP contribution in [-0.4, -0.2) is 21.2 Å². The summed E-state index contributed by atoms with van der Waals surface area (Å²) in [6, 6.07) is 14.8. The molecule has 2 aromatic heterocycles. The number of amides is 1. The fourth-order valence-corrected chi connectivity index (χ4v) is 3.13. The summed E-state index contributed by atoms with van der Waals surface area (Å²) in [4.78, 5) is 24.4. The van der Waals surface area contributed by atoms with Gasteiger partial charge in [-0.1, -0.05) is 29.5 Å². The molecule has 2 aromatic carbocycles. The quantitative estimate of drug-likeness (QED) is 0.540. The molecule has 0 atom stereocenters. The van der Waals surface area contributed by atoms with Crippen molar-refractivity contribution in [3.63, 3.8) is 0 Å². The number of carbonyl (C=O) groups excluding carboxylic acids is 1. The van der Waals surface area contributed by atoms with Crippen molar-refractivity contribution >= 4 is 33.3 Å². The molecule has 0 spiro atoms. The molecule has 0 unspecified atom stereocenters. The van der Waals surface area contributed by atoms with Crippen LogP contribution >= 0.6 is 11.3 Å². The van der Waals surface area contributed by atoms with Gasteiger partial charge in [0.1, 0.15) is 11.3 Å². The molecule has 0 aliphatic rings. The molecule has 2 N–H and O–H groups in total. The van der Waals surface area contributed by atoms with Gasteiger partial charge in [0.05, 0.1) is 5.56 Å². The number of benzene rings is 2. The number of phenolic OH excluding ortho intramolecular Hbond substituents is 1. The maximum Gasteiger partial charge on any atom is 0.346 e. The van der Waals surface area contributed by atoms with Crippen LogP contribution in [0.2, 0.25) is 0 Å². The molecule has 26 heavy (non-hydrogen) atoms. The van der Waals surface area contributed by atoms with Crippen molar-refractivity contribution in [2.45, 2.75) is 0 Å². The van der Waals surface area contributed by atoms with Crippen molar-refractivity contribution in [3.05, 3.63) is 70.6 Å². The molecule has 0 saturated heterocycles. The van der Waals surface area contributed by atoms with Gasteiger partial charge in [0.15, 0.2) is 5.01 Å². The zero-order valence-electron chi connectivity index (χ0n) is 13.2. The van der Waals surface area contributed by atoms with Gasteiger partial charge in [-0.05, 0) is 30.3 Å². The molecular weight excluding hydrogens is 354 g/mol. The van der Waals surface area contributed by atoms with Crippen molar-refractivity contribution in [2.75, 3.05) is 5.32 Å². The van der Waals surface area contributed by atoms with Gasteiger partial charge in [-0.2, -0.15) is 0 Å². The molecule has 0 aliphatic carbocycles. The number of aromatic hydroxyl groups is 1. The number of nitrogens with zero attached hydrogens (tertiary/aromatic N) is 2. The summed E-state index contributed by atoms with van der Waals surface area (Å²) in [5.41, 5.74) is 0.413. The van der Waals surface area contributed by atoms with E-state index in [0.29, 0.717) is 16.0 Å². The third-order valence-electron chi connectivity index (χ3n) is 3.63. The smallest absolute Gasteiger partial charge is 0.346 e. The van der Waals surface area contributed by atoms with E-state index in [1.54, 1.807) is 36.4 Å². The largest absolute Gasteiger partial charge is 0.508 e. The van der Waals surface area contributed by atoms with Crippen molar-refractivity contribution in [1.82, 2.24) is 10.2 Å². The van der Waals surface area contributed by atoms with Gasteiger partial charge in [0, 0.05) is 17.0 Å². The predicted molar refractivity (Wildman–Crippen MR) is 97.4 cm³/mol. The minimum atomic E-state index is -0.597. The summed E-state index contributed by atoms with van der Waals surface area (Å²) in [5, 5.41) is 21.2. The lowest BCUT2D eigenvalue weighted by Crippen LogP contribution is -2.11. The first-order chi connectivity index (χ1) is 12.6. The second-order valence-electron chi connectivity index (χ2n) is 5.40. The third-order valence-corrected chi connectivity index (χ3v) is 4.50. The van der Waals surface area contributed by atoms with Crippen LogP contribution in [0.15, 0.2) is 63.8 Å². The van der Waals surface area contributed by atoms with Gasteiger partial charge in [-0.15, -0.1) is 10.2 Å². The number of nitrogens with one attached hydrogen (secondary N) is 1. The summed E-state index contributed by atoms with van der Waals surface area (Å²) in [5.74, 6) is -0.301. The average molecular weight is 365 g/mol. The second kappa shape index (κ2) is 6.41. The van der Waals surface area contributed by atoms with E-state index in [2.05, 4.69) is 15.5 Å². The van der Waals surface area contributed by atoms with E-state index in [4.69, 9.17) is 4.42 Å². The maximum atomic E-state index is 12.2. The molecule has 2 heterocycles. The highest BCUT2D eigenvalue weighted by atomic mass is 32.1. The minimum absolute atomic E-state index is 0.00947. The normalized spacial score (nSPS) is 10.8. The van der Waals surface area contributed by atoms with E-state index >= 15 is 0 Å². The van der Waals surface area contributed by atoms with E-state index in [1.807, 2.05) is 6.07 Å². The lowest BCUT2D eigenvalue weighted by molar-refractivity contribution is 0.102. The number of hydrogen-bond acceptors (Lipinski definition) is 7. The monoisotopic (exact) mass is 365 g/mol. The molecule has 8 heteroatoms. The molecule has 7 nitrogen and oxygen atoms in total. The predicted octanol–water partition coefficient (Wildman–Crippen LogP) is 3.27. The standard InChI is InChI=1S/C18H11N3O4S/c22-12-7-6-11-8-13(17(24)25-14(11)9-12)16-20-21-18(26-16)19-15(23)10-4-2-1-3-5-10/h1-9,22H,(H,19,21,23). The Bertz CT molecular complexity index is 1170. The van der Waals surface area contributed by atoms with Gasteiger partial charge >= 0.3 is 5.63 Å². The first kappa shape index (κ1) is 16.0. The Labute approximate surface area is 150 Å². The molecule has 4 aromatic rings. The number of fused-ring (bicyclic) bond motifs is 1. The highest BCUT2D eigenvalue weighted by Gasteiger charge is 2.15. The van der Waals surface area contributed by atoms with Crippen LogP contribution in [0.5, 0.6) is 5.75 Å². The Balaban J connectivity index is 1.65. The van der Waals surface area contributed by atoms with Gasteiger partial charge in [-0.25, -0.2) is 4.79 Å². The molecule has 1 amide bonds. The molecule has 4 rings (SSSR count). The number of aromatic nitrogens is 2. The molecule has 128 valence electrons. The Morgan fingerprint density at radius 3 is 2.69 bits per heavy atom. The van der Waals surface area contributed by atoms with Crippen LogP contribution in [0.3, 0.4) is 0 Å². The number of hydrogen-bond donors (Lipinski definition) is 2. The Kier molecular flexibility index (Phi) is 3.94. The van der Waals surface area contributed by atoms with Crippen LogP contribution < -0.4 is 10.9 Å². The topological polar surface area (TPSA) is 105 Å². The Hall–Kier alpha value is -3.52. The Morgan fingerprint density at radius 1 is 1.08 bits per heavy atom. The van der Waals surface area contributed by atoms with E-state index in [0.717, 1.165) is 11.3 Å². The SMILES string of the molecule is O=C(Nc1nnc(-c2cc3ccc(O)cc3oc2=O)s1)c1ccccc1. The number of rotatable bonds is 3. The zero-order valence-corrected chi connectivity index (χ0v) is 14.0. The van der Waals surface area contributed by atoms with Crippen molar-refractivity contribution in [1.29, 1.82) is 0 Å². The van der Waals surface area contributed by atoms with Crippen LogP contribution in [0.4, 0.5) is 5.13 Å². The molecule has 0 aliphatic heterocycles. The highest BCUT2D eigenvalue weighted by Crippen LogP contribution is 2.27. The first-order valence-corrected chi connectivity index (χ1v) is 8.39. The van der Waals surface area contributed by atoms with Crippen LogP contribution in [0.25, 0.3) is 21.5 Å². The van der Waals surface area contributed by atoms with Crippen LogP contribution in [0.1, 0.15) is 10.4 Å². The molecule has 0 saturated carbocycles. The lowest BCUT2D eigenvalue weighted by Gasteiger charge is -2.00.